The van der Waals surface area contributed by atoms with E-state index in [4.69, 9.17) is 14.2 Å². The van der Waals surface area contributed by atoms with Crippen LogP contribution in [0, 0.1) is 0 Å². The molecule has 0 amide bonds. The minimum atomic E-state index is -0.528. The largest absolute Gasteiger partial charge is 0.462 e. The number of ether oxygens (including phenoxy) is 3. The lowest BCUT2D eigenvalue weighted by Gasteiger charge is -2.18. The van der Waals surface area contributed by atoms with Crippen molar-refractivity contribution < 1.29 is 23.8 Å². The molecule has 0 heterocycles. The molecule has 0 rings (SSSR count). The number of carbonyl (C=O) groups is 2. The van der Waals surface area contributed by atoms with Gasteiger partial charge < -0.3 is 14.2 Å². The Morgan fingerprint density at radius 2 is 0.629 bits per heavy atom. The quantitative estimate of drug-likeness (QED) is 0.0346. The van der Waals surface area contributed by atoms with Gasteiger partial charge in [-0.1, -0.05) is 270 Å². The van der Waals surface area contributed by atoms with Crippen LogP contribution in [0.3, 0.4) is 0 Å². The molecule has 1 atom stereocenters. The molecule has 0 saturated carbocycles. The first-order valence-corrected chi connectivity index (χ1v) is 28.2. The third-order valence-corrected chi connectivity index (χ3v) is 12.8. The molecule has 5 nitrogen and oxygen atoms in total. The standard InChI is InChI=1S/C57H110O5/c1-4-7-10-13-16-19-22-24-26-28-30-32-34-37-40-43-46-49-52-60-53-55(62-57(59)51-48-45-42-39-35-21-18-15-12-9-6-3)54-61-56(58)50-47-44-41-38-36-33-31-29-27-25-23-20-17-14-11-8-5-2/h25,27,55H,4-24,26,28-54H2,1-3H3/b27-25-. The number of hydrogen-bond acceptors (Lipinski definition) is 5. The summed E-state index contributed by atoms with van der Waals surface area (Å²) >= 11 is 0. The van der Waals surface area contributed by atoms with Gasteiger partial charge in [-0.05, 0) is 44.9 Å². The van der Waals surface area contributed by atoms with Crippen molar-refractivity contribution in [3.05, 3.63) is 12.2 Å². The fourth-order valence-electron chi connectivity index (χ4n) is 8.57. The minimum absolute atomic E-state index is 0.0926. The van der Waals surface area contributed by atoms with Gasteiger partial charge in [-0.2, -0.15) is 0 Å². The summed E-state index contributed by atoms with van der Waals surface area (Å²) in [6.45, 7) is 7.89. The molecule has 0 aliphatic rings. The molecule has 62 heavy (non-hydrogen) atoms. The molecule has 0 bridgehead atoms. The Labute approximate surface area is 388 Å². The molecular weight excluding hydrogens is 765 g/mol. The second kappa shape index (κ2) is 54.0. The molecule has 0 aromatic heterocycles. The van der Waals surface area contributed by atoms with Crippen LogP contribution in [0.25, 0.3) is 0 Å². The molecule has 0 aromatic rings. The smallest absolute Gasteiger partial charge is 0.306 e. The SMILES string of the molecule is CCCCCCCC/C=C\CCCCCCCCCC(=O)OCC(COCCCCCCCCCCCCCCCCCCCC)OC(=O)CCCCCCCCCCCCC. The number of hydrogen-bond donors (Lipinski definition) is 0. The Kier molecular flexibility index (Phi) is 52.8. The van der Waals surface area contributed by atoms with E-state index in [2.05, 4.69) is 32.9 Å². The van der Waals surface area contributed by atoms with Gasteiger partial charge in [-0.3, -0.25) is 9.59 Å². The topological polar surface area (TPSA) is 61.8 Å². The van der Waals surface area contributed by atoms with Crippen molar-refractivity contribution in [2.75, 3.05) is 19.8 Å². The Balaban J connectivity index is 4.15. The maximum Gasteiger partial charge on any atom is 0.306 e. The van der Waals surface area contributed by atoms with Gasteiger partial charge in [0.25, 0.3) is 0 Å². The van der Waals surface area contributed by atoms with E-state index in [1.54, 1.807) is 0 Å². The van der Waals surface area contributed by atoms with Crippen molar-refractivity contribution >= 4 is 11.9 Å². The summed E-state index contributed by atoms with van der Waals surface area (Å²) in [5, 5.41) is 0. The predicted octanol–water partition coefficient (Wildman–Crippen LogP) is 19.0. The summed E-state index contributed by atoms with van der Waals surface area (Å²) in [6.07, 6.45) is 62.3. The van der Waals surface area contributed by atoms with Crippen LogP contribution in [-0.2, 0) is 23.8 Å². The lowest BCUT2D eigenvalue weighted by Crippen LogP contribution is -2.30. The number of esters is 2. The lowest BCUT2D eigenvalue weighted by molar-refractivity contribution is -0.163. The summed E-state index contributed by atoms with van der Waals surface area (Å²) < 4.78 is 17.5. The highest BCUT2D eigenvalue weighted by molar-refractivity contribution is 5.70. The summed E-state index contributed by atoms with van der Waals surface area (Å²) in [4.78, 5) is 25.4. The first kappa shape index (κ1) is 60.6. The molecule has 0 fully saturated rings. The molecule has 0 saturated heterocycles. The van der Waals surface area contributed by atoms with Crippen molar-refractivity contribution in [3.63, 3.8) is 0 Å². The fourth-order valence-corrected chi connectivity index (χ4v) is 8.57. The van der Waals surface area contributed by atoms with E-state index in [9.17, 15) is 9.59 Å². The minimum Gasteiger partial charge on any atom is -0.462 e. The van der Waals surface area contributed by atoms with E-state index in [0.29, 0.717) is 26.1 Å². The molecule has 0 radical (unpaired) electrons. The molecule has 0 spiro atoms. The van der Waals surface area contributed by atoms with Crippen LogP contribution < -0.4 is 0 Å². The highest BCUT2D eigenvalue weighted by atomic mass is 16.6. The second-order valence-electron chi connectivity index (χ2n) is 19.2. The van der Waals surface area contributed by atoms with Crippen LogP contribution in [0.1, 0.15) is 316 Å². The number of unbranched alkanes of at least 4 members (excludes halogenated alkanes) is 40. The van der Waals surface area contributed by atoms with Crippen molar-refractivity contribution in [2.24, 2.45) is 0 Å². The van der Waals surface area contributed by atoms with Gasteiger partial charge in [0, 0.05) is 19.4 Å². The van der Waals surface area contributed by atoms with E-state index < -0.39 is 6.10 Å². The molecule has 1 unspecified atom stereocenters. The second-order valence-corrected chi connectivity index (χ2v) is 19.2. The summed E-state index contributed by atoms with van der Waals surface area (Å²) in [7, 11) is 0. The van der Waals surface area contributed by atoms with Gasteiger partial charge in [0.05, 0.1) is 6.61 Å². The first-order valence-electron chi connectivity index (χ1n) is 28.2. The van der Waals surface area contributed by atoms with Gasteiger partial charge >= 0.3 is 11.9 Å². The van der Waals surface area contributed by atoms with E-state index in [-0.39, 0.29) is 18.5 Å². The molecule has 0 aliphatic carbocycles. The van der Waals surface area contributed by atoms with Gasteiger partial charge in [0.1, 0.15) is 6.61 Å². The van der Waals surface area contributed by atoms with Crippen LogP contribution in [-0.4, -0.2) is 37.9 Å². The molecule has 368 valence electrons. The van der Waals surface area contributed by atoms with Gasteiger partial charge in [-0.25, -0.2) is 0 Å². The van der Waals surface area contributed by atoms with E-state index >= 15 is 0 Å². The van der Waals surface area contributed by atoms with E-state index in [1.165, 1.54) is 250 Å². The first-order chi connectivity index (χ1) is 30.6. The number of allylic oxidation sites excluding steroid dienone is 2. The maximum absolute atomic E-state index is 12.8. The van der Waals surface area contributed by atoms with Gasteiger partial charge in [0.2, 0.25) is 0 Å². The van der Waals surface area contributed by atoms with E-state index in [0.717, 1.165) is 32.1 Å². The Bertz CT molecular complexity index is 902. The highest BCUT2D eigenvalue weighted by Gasteiger charge is 2.17. The van der Waals surface area contributed by atoms with Crippen LogP contribution in [0.5, 0.6) is 0 Å². The van der Waals surface area contributed by atoms with Gasteiger partial charge in [-0.15, -0.1) is 0 Å². The molecular formula is C57H110O5. The average Bonchev–Trinajstić information content (AvgIpc) is 3.27. The predicted molar refractivity (Wildman–Crippen MR) is 270 cm³/mol. The lowest BCUT2D eigenvalue weighted by atomic mass is 10.0. The maximum atomic E-state index is 12.8. The zero-order valence-corrected chi connectivity index (χ0v) is 42.4. The monoisotopic (exact) mass is 875 g/mol. The molecule has 0 aliphatic heterocycles. The van der Waals surface area contributed by atoms with Crippen LogP contribution in [0.2, 0.25) is 0 Å². The summed E-state index contributed by atoms with van der Waals surface area (Å²) in [5.74, 6) is -0.379. The number of rotatable bonds is 53. The molecule has 0 aromatic carbocycles. The van der Waals surface area contributed by atoms with Crippen LogP contribution >= 0.6 is 0 Å². The molecule has 5 heteroatoms. The molecule has 0 N–H and O–H groups in total. The van der Waals surface area contributed by atoms with Crippen LogP contribution in [0.4, 0.5) is 0 Å². The van der Waals surface area contributed by atoms with Crippen LogP contribution in [0.15, 0.2) is 12.2 Å². The van der Waals surface area contributed by atoms with Crippen molar-refractivity contribution in [1.82, 2.24) is 0 Å². The normalized spacial score (nSPS) is 12.1. The van der Waals surface area contributed by atoms with Crippen molar-refractivity contribution in [2.45, 2.75) is 322 Å². The van der Waals surface area contributed by atoms with E-state index in [1.807, 2.05) is 0 Å². The summed E-state index contributed by atoms with van der Waals surface area (Å²) in [5.41, 5.74) is 0. The Morgan fingerprint density at radius 3 is 0.984 bits per heavy atom. The Hall–Kier alpha value is -1.36. The average molecular weight is 876 g/mol. The van der Waals surface area contributed by atoms with Crippen molar-refractivity contribution in [3.8, 4) is 0 Å². The highest BCUT2D eigenvalue weighted by Crippen LogP contribution is 2.17. The number of carbonyl (C=O) groups excluding carboxylic acids is 2. The zero-order chi connectivity index (χ0) is 44.9. The third-order valence-electron chi connectivity index (χ3n) is 12.8. The van der Waals surface area contributed by atoms with Crippen molar-refractivity contribution in [1.29, 1.82) is 0 Å². The third kappa shape index (κ3) is 51.3. The summed E-state index contributed by atoms with van der Waals surface area (Å²) in [6, 6.07) is 0. The van der Waals surface area contributed by atoms with Gasteiger partial charge in [0.15, 0.2) is 6.10 Å². The Morgan fingerprint density at radius 1 is 0.339 bits per heavy atom. The zero-order valence-electron chi connectivity index (χ0n) is 42.4. The fraction of sp³-hybridized carbons (Fsp3) is 0.930.